The average Bonchev–Trinajstić information content (AvgIpc) is 2.58. The van der Waals surface area contributed by atoms with Crippen LogP contribution in [0.15, 0.2) is 0 Å². The summed E-state index contributed by atoms with van der Waals surface area (Å²) in [6.45, 7) is 5.31. The molecule has 2 fully saturated rings. The van der Waals surface area contributed by atoms with E-state index in [9.17, 15) is 4.79 Å². The van der Waals surface area contributed by atoms with Crippen molar-refractivity contribution in [1.82, 2.24) is 4.90 Å². The van der Waals surface area contributed by atoms with Crippen LogP contribution in [0.3, 0.4) is 0 Å². The number of hydrogen-bond donors (Lipinski definition) is 1. The molecular weight excluding hydrogens is 212 g/mol. The zero-order chi connectivity index (χ0) is 12.5. The van der Waals surface area contributed by atoms with Gasteiger partial charge in [-0.05, 0) is 32.1 Å². The zero-order valence-corrected chi connectivity index (χ0v) is 11.2. The second-order valence-electron chi connectivity index (χ2n) is 6.34. The van der Waals surface area contributed by atoms with Crippen LogP contribution in [0.5, 0.6) is 0 Å². The van der Waals surface area contributed by atoms with Crippen molar-refractivity contribution in [2.75, 3.05) is 6.54 Å². The summed E-state index contributed by atoms with van der Waals surface area (Å²) in [4.78, 5) is 14.4. The Balaban J connectivity index is 1.92. The van der Waals surface area contributed by atoms with E-state index >= 15 is 0 Å². The molecule has 98 valence electrons. The molecule has 0 bridgehead atoms. The Hall–Kier alpha value is -0.570. The molecule has 1 aliphatic carbocycles. The topological polar surface area (TPSA) is 46.3 Å². The van der Waals surface area contributed by atoms with Crippen molar-refractivity contribution < 1.29 is 4.79 Å². The number of hydrogen-bond acceptors (Lipinski definition) is 2. The molecule has 0 aromatic carbocycles. The molecule has 1 saturated carbocycles. The molecule has 2 atom stereocenters. The van der Waals surface area contributed by atoms with Gasteiger partial charge in [-0.15, -0.1) is 0 Å². The number of rotatable bonds is 2. The predicted octanol–water partition coefficient (Wildman–Crippen LogP) is 2.29. The molecule has 0 radical (unpaired) electrons. The van der Waals surface area contributed by atoms with E-state index in [1.54, 1.807) is 0 Å². The number of likely N-dealkylation sites (tertiary alicyclic amines) is 1. The monoisotopic (exact) mass is 238 g/mol. The maximum Gasteiger partial charge on any atom is 0.224 e. The van der Waals surface area contributed by atoms with Gasteiger partial charge in [0, 0.05) is 24.5 Å². The van der Waals surface area contributed by atoms with Crippen LogP contribution >= 0.6 is 0 Å². The molecule has 1 heterocycles. The van der Waals surface area contributed by atoms with Gasteiger partial charge < -0.3 is 10.6 Å². The SMILES string of the molecule is CC1CC(C)N(C(=O)CC2(N)CCCCC2)C1. The quantitative estimate of drug-likeness (QED) is 0.802. The Kier molecular flexibility index (Phi) is 3.76. The van der Waals surface area contributed by atoms with Crippen LogP contribution in [-0.4, -0.2) is 28.9 Å². The van der Waals surface area contributed by atoms with Gasteiger partial charge in [0.15, 0.2) is 0 Å². The number of carbonyl (C=O) groups is 1. The van der Waals surface area contributed by atoms with Crippen molar-refractivity contribution in [2.24, 2.45) is 11.7 Å². The summed E-state index contributed by atoms with van der Waals surface area (Å²) in [6.07, 6.45) is 7.41. The fourth-order valence-corrected chi connectivity index (χ4v) is 3.48. The lowest BCUT2D eigenvalue weighted by molar-refractivity contribution is -0.133. The molecule has 0 aromatic heterocycles. The highest BCUT2D eigenvalue weighted by molar-refractivity contribution is 5.78. The molecule has 0 aromatic rings. The van der Waals surface area contributed by atoms with E-state index in [1.807, 2.05) is 4.90 Å². The summed E-state index contributed by atoms with van der Waals surface area (Å²) in [5, 5.41) is 0. The summed E-state index contributed by atoms with van der Waals surface area (Å²) < 4.78 is 0. The minimum Gasteiger partial charge on any atom is -0.340 e. The smallest absolute Gasteiger partial charge is 0.224 e. The molecule has 1 saturated heterocycles. The molecule has 0 spiro atoms. The van der Waals surface area contributed by atoms with Gasteiger partial charge >= 0.3 is 0 Å². The number of amides is 1. The van der Waals surface area contributed by atoms with Gasteiger partial charge in [0.05, 0.1) is 0 Å². The van der Waals surface area contributed by atoms with Crippen LogP contribution < -0.4 is 5.73 Å². The van der Waals surface area contributed by atoms with E-state index in [-0.39, 0.29) is 11.4 Å². The van der Waals surface area contributed by atoms with E-state index in [2.05, 4.69) is 13.8 Å². The van der Waals surface area contributed by atoms with Crippen LogP contribution in [0.25, 0.3) is 0 Å². The maximum absolute atomic E-state index is 12.3. The van der Waals surface area contributed by atoms with E-state index < -0.39 is 0 Å². The van der Waals surface area contributed by atoms with Gasteiger partial charge in [-0.3, -0.25) is 4.79 Å². The maximum atomic E-state index is 12.3. The van der Waals surface area contributed by atoms with E-state index in [4.69, 9.17) is 5.73 Å². The minimum atomic E-state index is -0.207. The first-order chi connectivity index (χ1) is 8.00. The van der Waals surface area contributed by atoms with E-state index in [0.29, 0.717) is 18.4 Å². The normalized spacial score (nSPS) is 32.8. The average molecular weight is 238 g/mol. The molecule has 1 aliphatic heterocycles. The second kappa shape index (κ2) is 4.97. The van der Waals surface area contributed by atoms with Gasteiger partial charge in [-0.2, -0.15) is 0 Å². The molecule has 3 heteroatoms. The Labute approximate surface area is 105 Å². The fourth-order valence-electron chi connectivity index (χ4n) is 3.48. The molecule has 1 amide bonds. The van der Waals surface area contributed by atoms with E-state index in [0.717, 1.165) is 25.8 Å². The van der Waals surface area contributed by atoms with Crippen molar-refractivity contribution in [3.05, 3.63) is 0 Å². The fraction of sp³-hybridized carbons (Fsp3) is 0.929. The molecule has 2 unspecified atom stereocenters. The van der Waals surface area contributed by atoms with Crippen molar-refractivity contribution in [3.8, 4) is 0 Å². The lowest BCUT2D eigenvalue weighted by Gasteiger charge is -2.35. The van der Waals surface area contributed by atoms with E-state index in [1.165, 1.54) is 19.3 Å². The summed E-state index contributed by atoms with van der Waals surface area (Å²) in [6, 6.07) is 0.407. The summed E-state index contributed by atoms with van der Waals surface area (Å²) >= 11 is 0. The molecule has 3 nitrogen and oxygen atoms in total. The third kappa shape index (κ3) is 3.01. The first kappa shape index (κ1) is 12.9. The molecular formula is C14H26N2O. The van der Waals surface area contributed by atoms with Gasteiger partial charge in [-0.1, -0.05) is 26.2 Å². The van der Waals surface area contributed by atoms with Crippen molar-refractivity contribution in [3.63, 3.8) is 0 Å². The van der Waals surface area contributed by atoms with Gasteiger partial charge in [-0.25, -0.2) is 0 Å². The van der Waals surface area contributed by atoms with Crippen molar-refractivity contribution >= 4 is 5.91 Å². The van der Waals surface area contributed by atoms with Crippen molar-refractivity contribution in [1.29, 1.82) is 0 Å². The number of carbonyl (C=O) groups excluding carboxylic acids is 1. The third-order valence-electron chi connectivity index (χ3n) is 4.46. The Morgan fingerprint density at radius 1 is 1.29 bits per heavy atom. The summed E-state index contributed by atoms with van der Waals surface area (Å²) in [5.41, 5.74) is 6.15. The predicted molar refractivity (Wildman–Crippen MR) is 69.6 cm³/mol. The highest BCUT2D eigenvalue weighted by Gasteiger charge is 2.35. The Morgan fingerprint density at radius 2 is 1.94 bits per heavy atom. The van der Waals surface area contributed by atoms with Gasteiger partial charge in [0.25, 0.3) is 0 Å². The Bertz CT molecular complexity index is 284. The molecule has 2 aliphatic rings. The molecule has 17 heavy (non-hydrogen) atoms. The first-order valence-electron chi connectivity index (χ1n) is 7.08. The third-order valence-corrected chi connectivity index (χ3v) is 4.46. The van der Waals surface area contributed by atoms with Crippen molar-refractivity contribution in [2.45, 2.75) is 70.4 Å². The standard InChI is InChI=1S/C14H26N2O/c1-11-8-12(2)16(10-11)13(17)9-14(15)6-4-3-5-7-14/h11-12H,3-10,15H2,1-2H3. The number of nitrogens with two attached hydrogens (primary N) is 1. The van der Waals surface area contributed by atoms with Gasteiger partial charge in [0.1, 0.15) is 0 Å². The van der Waals surface area contributed by atoms with Crippen LogP contribution in [0.1, 0.15) is 58.8 Å². The largest absolute Gasteiger partial charge is 0.340 e. The second-order valence-corrected chi connectivity index (χ2v) is 6.34. The van der Waals surface area contributed by atoms with Crippen LogP contribution in [0.4, 0.5) is 0 Å². The molecule has 2 N–H and O–H groups in total. The number of nitrogens with zero attached hydrogens (tertiary/aromatic N) is 1. The van der Waals surface area contributed by atoms with Crippen LogP contribution in [0.2, 0.25) is 0 Å². The lowest BCUT2D eigenvalue weighted by Crippen LogP contribution is -2.47. The Morgan fingerprint density at radius 3 is 2.47 bits per heavy atom. The minimum absolute atomic E-state index is 0.207. The van der Waals surface area contributed by atoms with Gasteiger partial charge in [0.2, 0.25) is 5.91 Å². The van der Waals surface area contributed by atoms with Crippen LogP contribution in [0, 0.1) is 5.92 Å². The summed E-state index contributed by atoms with van der Waals surface area (Å²) in [7, 11) is 0. The lowest BCUT2D eigenvalue weighted by atomic mass is 9.80. The first-order valence-corrected chi connectivity index (χ1v) is 7.08. The molecule has 2 rings (SSSR count). The highest BCUT2D eigenvalue weighted by Crippen LogP contribution is 2.31. The zero-order valence-electron chi connectivity index (χ0n) is 11.2. The van der Waals surface area contributed by atoms with Crippen LogP contribution in [-0.2, 0) is 4.79 Å². The summed E-state index contributed by atoms with van der Waals surface area (Å²) in [5.74, 6) is 0.931. The highest BCUT2D eigenvalue weighted by atomic mass is 16.2.